The largest absolute Gasteiger partial charge is 0.477 e. The number of hydrogen-bond acceptors (Lipinski definition) is 2. The number of aliphatic hydroxyl groups excluding tert-OH is 1. The Balaban J connectivity index is 2.80. The minimum Gasteiger partial charge on any atom is -0.477 e. The molecule has 16 heavy (non-hydrogen) atoms. The number of carboxylic acids is 1. The van der Waals surface area contributed by atoms with E-state index in [0.717, 1.165) is 22.0 Å². The molecule has 0 aliphatic heterocycles. The average Bonchev–Trinajstić information content (AvgIpc) is 2.67. The van der Waals surface area contributed by atoms with Crippen molar-refractivity contribution in [2.75, 3.05) is 0 Å². The Hall–Kier alpha value is -1.81. The third kappa shape index (κ3) is 1.47. The molecule has 0 saturated carbocycles. The number of rotatable bonds is 3. The lowest BCUT2D eigenvalue weighted by molar-refractivity contribution is 0.0690. The fourth-order valence-electron chi connectivity index (χ4n) is 2.02. The molecule has 2 rings (SSSR count). The first-order chi connectivity index (χ1) is 7.69. The Morgan fingerprint density at radius 3 is 2.75 bits per heavy atom. The maximum Gasteiger partial charge on any atom is 0.352 e. The molecule has 0 atom stereocenters. The third-order valence-electron chi connectivity index (χ3n) is 2.77. The quantitative estimate of drug-likeness (QED) is 0.738. The molecular formula is C12H13NO3. The van der Waals surface area contributed by atoms with Gasteiger partial charge in [0.25, 0.3) is 0 Å². The predicted molar refractivity (Wildman–Crippen MR) is 60.6 cm³/mol. The van der Waals surface area contributed by atoms with Crippen LogP contribution in [0.25, 0.3) is 10.9 Å². The van der Waals surface area contributed by atoms with Crippen LogP contribution in [0, 0.1) is 0 Å². The van der Waals surface area contributed by atoms with E-state index in [1.54, 1.807) is 6.07 Å². The van der Waals surface area contributed by atoms with E-state index >= 15 is 0 Å². The van der Waals surface area contributed by atoms with E-state index in [0.29, 0.717) is 6.42 Å². The van der Waals surface area contributed by atoms with Crippen molar-refractivity contribution in [3.05, 3.63) is 35.0 Å². The number of aliphatic hydroxyl groups is 1. The van der Waals surface area contributed by atoms with Gasteiger partial charge in [-0.1, -0.05) is 25.1 Å². The summed E-state index contributed by atoms with van der Waals surface area (Å²) in [6.45, 7) is 1.82. The van der Waals surface area contributed by atoms with Crippen LogP contribution in [0.3, 0.4) is 0 Å². The Morgan fingerprint density at radius 2 is 2.19 bits per heavy atom. The normalized spacial score (nSPS) is 10.9. The smallest absolute Gasteiger partial charge is 0.352 e. The Bertz CT molecular complexity index is 542. The summed E-state index contributed by atoms with van der Waals surface area (Å²) >= 11 is 0. The summed E-state index contributed by atoms with van der Waals surface area (Å²) in [4.78, 5) is 13.9. The van der Waals surface area contributed by atoms with Crippen molar-refractivity contribution in [2.45, 2.75) is 20.0 Å². The summed E-state index contributed by atoms with van der Waals surface area (Å²) in [6.07, 6.45) is 0.649. The van der Waals surface area contributed by atoms with Crippen molar-refractivity contribution in [3.63, 3.8) is 0 Å². The van der Waals surface area contributed by atoms with Crippen LogP contribution in [-0.2, 0) is 13.0 Å². The predicted octanol–water partition coefficient (Wildman–Crippen LogP) is 1.92. The molecular weight excluding hydrogens is 206 g/mol. The number of aromatic carboxylic acids is 1. The number of hydrogen-bond donors (Lipinski definition) is 3. The van der Waals surface area contributed by atoms with Crippen LogP contribution in [0.1, 0.15) is 28.5 Å². The van der Waals surface area contributed by atoms with Crippen LogP contribution in [0.4, 0.5) is 0 Å². The third-order valence-corrected chi connectivity index (χ3v) is 2.77. The van der Waals surface area contributed by atoms with E-state index in [4.69, 9.17) is 5.11 Å². The zero-order valence-corrected chi connectivity index (χ0v) is 8.95. The molecule has 0 unspecified atom stereocenters. The summed E-state index contributed by atoms with van der Waals surface area (Å²) in [5.74, 6) is -0.961. The van der Waals surface area contributed by atoms with Crippen molar-refractivity contribution >= 4 is 16.9 Å². The van der Waals surface area contributed by atoms with Gasteiger partial charge in [0.2, 0.25) is 0 Å². The Morgan fingerprint density at radius 1 is 1.44 bits per heavy atom. The van der Waals surface area contributed by atoms with Gasteiger partial charge in [-0.25, -0.2) is 4.79 Å². The van der Waals surface area contributed by atoms with E-state index in [1.807, 2.05) is 19.1 Å². The van der Waals surface area contributed by atoms with Crippen molar-refractivity contribution in [1.29, 1.82) is 0 Å². The van der Waals surface area contributed by atoms with Gasteiger partial charge >= 0.3 is 5.97 Å². The van der Waals surface area contributed by atoms with E-state index in [2.05, 4.69) is 4.98 Å². The molecule has 1 aromatic carbocycles. The van der Waals surface area contributed by atoms with Crippen LogP contribution in [0.5, 0.6) is 0 Å². The Labute approximate surface area is 92.5 Å². The summed E-state index contributed by atoms with van der Waals surface area (Å²) in [6, 6.07) is 5.48. The molecule has 2 aromatic rings. The number of benzene rings is 1. The monoisotopic (exact) mass is 219 g/mol. The van der Waals surface area contributed by atoms with E-state index in [-0.39, 0.29) is 12.3 Å². The number of nitrogens with one attached hydrogen (secondary N) is 1. The maximum atomic E-state index is 11.1. The van der Waals surface area contributed by atoms with Crippen LogP contribution in [-0.4, -0.2) is 21.2 Å². The zero-order chi connectivity index (χ0) is 11.7. The number of para-hydroxylation sites is 1. The lowest BCUT2D eigenvalue weighted by Gasteiger charge is -1.98. The highest BCUT2D eigenvalue weighted by atomic mass is 16.4. The van der Waals surface area contributed by atoms with Crippen LogP contribution < -0.4 is 0 Å². The van der Waals surface area contributed by atoms with Crippen LogP contribution >= 0.6 is 0 Å². The fourth-order valence-corrected chi connectivity index (χ4v) is 2.02. The molecule has 0 saturated heterocycles. The van der Waals surface area contributed by atoms with Crippen molar-refractivity contribution in [2.24, 2.45) is 0 Å². The first kappa shape index (κ1) is 10.7. The van der Waals surface area contributed by atoms with Crippen molar-refractivity contribution < 1.29 is 15.0 Å². The molecule has 0 amide bonds. The van der Waals surface area contributed by atoms with Gasteiger partial charge in [-0.3, -0.25) is 0 Å². The second-order valence-corrected chi connectivity index (χ2v) is 3.64. The molecule has 0 spiro atoms. The van der Waals surface area contributed by atoms with Crippen LogP contribution in [0.2, 0.25) is 0 Å². The van der Waals surface area contributed by atoms with E-state index in [9.17, 15) is 9.90 Å². The van der Waals surface area contributed by atoms with Crippen molar-refractivity contribution in [1.82, 2.24) is 4.98 Å². The fraction of sp³-hybridized carbons (Fsp3) is 0.250. The highest BCUT2D eigenvalue weighted by Crippen LogP contribution is 2.25. The second kappa shape index (κ2) is 3.98. The molecule has 0 fully saturated rings. The molecule has 1 aromatic heterocycles. The van der Waals surface area contributed by atoms with Crippen LogP contribution in [0.15, 0.2) is 18.2 Å². The second-order valence-electron chi connectivity index (χ2n) is 3.64. The zero-order valence-electron chi connectivity index (χ0n) is 8.95. The van der Waals surface area contributed by atoms with Crippen molar-refractivity contribution in [3.8, 4) is 0 Å². The number of aryl methyl sites for hydroxylation is 1. The van der Waals surface area contributed by atoms with Gasteiger partial charge in [-0.05, 0) is 12.0 Å². The SMILES string of the molecule is CCc1c(C(=O)O)[nH]c2c(CO)cccc12. The summed E-state index contributed by atoms with van der Waals surface area (Å²) in [7, 11) is 0. The van der Waals surface area contributed by atoms with E-state index < -0.39 is 5.97 Å². The number of aromatic amines is 1. The molecule has 3 N–H and O–H groups in total. The topological polar surface area (TPSA) is 73.3 Å². The minimum absolute atomic E-state index is 0.0972. The van der Waals surface area contributed by atoms with Gasteiger partial charge < -0.3 is 15.2 Å². The maximum absolute atomic E-state index is 11.1. The number of fused-ring (bicyclic) bond motifs is 1. The number of carbonyl (C=O) groups is 1. The summed E-state index contributed by atoms with van der Waals surface area (Å²) < 4.78 is 0. The molecule has 4 nitrogen and oxygen atoms in total. The lowest BCUT2D eigenvalue weighted by Crippen LogP contribution is -2.00. The molecule has 0 aliphatic carbocycles. The first-order valence-corrected chi connectivity index (χ1v) is 5.15. The number of H-pyrrole nitrogens is 1. The summed E-state index contributed by atoms with van der Waals surface area (Å²) in [5.41, 5.74) is 2.45. The number of aromatic nitrogens is 1. The van der Waals surface area contributed by atoms with E-state index in [1.165, 1.54) is 0 Å². The summed E-state index contributed by atoms with van der Waals surface area (Å²) in [5, 5.41) is 19.1. The number of carboxylic acid groups (broad SMARTS) is 1. The van der Waals surface area contributed by atoms with Gasteiger partial charge in [-0.2, -0.15) is 0 Å². The standard InChI is InChI=1S/C12H13NO3/c1-2-8-9-5-3-4-7(6-14)10(9)13-11(8)12(15)16/h3-5,13-14H,2,6H2,1H3,(H,15,16). The van der Waals surface area contributed by atoms with Gasteiger partial charge in [0.15, 0.2) is 0 Å². The molecule has 0 radical (unpaired) electrons. The average molecular weight is 219 g/mol. The highest BCUT2D eigenvalue weighted by Gasteiger charge is 2.16. The van der Waals surface area contributed by atoms with Gasteiger partial charge in [-0.15, -0.1) is 0 Å². The molecule has 4 heteroatoms. The highest BCUT2D eigenvalue weighted by molar-refractivity contribution is 5.98. The van der Waals surface area contributed by atoms with Gasteiger partial charge in [0.05, 0.1) is 12.1 Å². The first-order valence-electron chi connectivity index (χ1n) is 5.15. The molecule has 84 valence electrons. The Kier molecular flexibility index (Phi) is 2.66. The van der Waals surface area contributed by atoms with Gasteiger partial charge in [0.1, 0.15) is 5.69 Å². The molecule has 1 heterocycles. The molecule has 0 aliphatic rings. The van der Waals surface area contributed by atoms with Gasteiger partial charge in [0, 0.05) is 10.9 Å². The lowest BCUT2D eigenvalue weighted by atomic mass is 10.1. The molecule has 0 bridgehead atoms. The minimum atomic E-state index is -0.961.